The standard InChI is InChI=1S/C15H22O4/c1-17-14-4-2-3-5-15(14)19-11-10-18-13-8-6-12(16)7-9-13/h2-5,12-13,16H,6-11H2,1H3. The number of methoxy groups -OCH3 is 1. The van der Waals surface area contributed by atoms with Gasteiger partial charge in [0.25, 0.3) is 0 Å². The third-order valence-corrected chi connectivity index (χ3v) is 3.41. The summed E-state index contributed by atoms with van der Waals surface area (Å²) >= 11 is 0. The zero-order valence-corrected chi connectivity index (χ0v) is 11.4. The molecule has 0 unspecified atom stereocenters. The molecule has 1 saturated carbocycles. The number of aliphatic hydroxyl groups excluding tert-OH is 1. The van der Waals surface area contributed by atoms with Gasteiger partial charge in [-0.15, -0.1) is 0 Å². The normalized spacial score (nSPS) is 23.1. The van der Waals surface area contributed by atoms with Crippen LogP contribution < -0.4 is 9.47 Å². The Balaban J connectivity index is 1.66. The lowest BCUT2D eigenvalue weighted by molar-refractivity contribution is -0.0132. The highest BCUT2D eigenvalue weighted by molar-refractivity contribution is 5.39. The molecule has 4 heteroatoms. The second-order valence-corrected chi connectivity index (χ2v) is 4.80. The molecule has 0 saturated heterocycles. The first-order chi connectivity index (χ1) is 9.29. The van der Waals surface area contributed by atoms with Crippen LogP contribution in [0.25, 0.3) is 0 Å². The lowest BCUT2D eigenvalue weighted by Gasteiger charge is -2.25. The van der Waals surface area contributed by atoms with Crippen molar-refractivity contribution in [3.05, 3.63) is 24.3 Å². The molecule has 0 aromatic heterocycles. The van der Waals surface area contributed by atoms with Gasteiger partial charge in [0.1, 0.15) is 6.61 Å². The van der Waals surface area contributed by atoms with Crippen LogP contribution in [0.3, 0.4) is 0 Å². The first kappa shape index (κ1) is 14.2. The van der Waals surface area contributed by atoms with Crippen molar-refractivity contribution in [3.8, 4) is 11.5 Å². The lowest BCUT2D eigenvalue weighted by Crippen LogP contribution is -2.25. The van der Waals surface area contributed by atoms with E-state index in [9.17, 15) is 5.11 Å². The third-order valence-electron chi connectivity index (χ3n) is 3.41. The van der Waals surface area contributed by atoms with E-state index in [2.05, 4.69) is 0 Å². The average Bonchev–Trinajstić information content (AvgIpc) is 2.46. The maximum absolute atomic E-state index is 9.41. The largest absolute Gasteiger partial charge is 0.493 e. The number of benzene rings is 1. The molecule has 0 amide bonds. The molecule has 2 rings (SSSR count). The quantitative estimate of drug-likeness (QED) is 0.803. The minimum absolute atomic E-state index is 0.135. The van der Waals surface area contributed by atoms with Gasteiger partial charge in [-0.25, -0.2) is 0 Å². The van der Waals surface area contributed by atoms with Crippen molar-refractivity contribution in [2.45, 2.75) is 37.9 Å². The SMILES string of the molecule is COc1ccccc1OCCOC1CCC(O)CC1. The van der Waals surface area contributed by atoms with Crippen LogP contribution in [0, 0.1) is 0 Å². The molecule has 0 radical (unpaired) electrons. The van der Waals surface area contributed by atoms with E-state index in [1.54, 1.807) is 7.11 Å². The molecule has 0 atom stereocenters. The summed E-state index contributed by atoms with van der Waals surface area (Å²) in [6.07, 6.45) is 3.70. The summed E-state index contributed by atoms with van der Waals surface area (Å²) in [5, 5.41) is 9.41. The number of aliphatic hydroxyl groups is 1. The second-order valence-electron chi connectivity index (χ2n) is 4.80. The number of hydrogen-bond donors (Lipinski definition) is 1. The van der Waals surface area contributed by atoms with Crippen LogP contribution in [0.2, 0.25) is 0 Å². The molecule has 4 nitrogen and oxygen atoms in total. The van der Waals surface area contributed by atoms with Gasteiger partial charge in [0.15, 0.2) is 11.5 Å². The maximum atomic E-state index is 9.41. The highest BCUT2D eigenvalue weighted by Gasteiger charge is 2.19. The molecular weight excluding hydrogens is 244 g/mol. The van der Waals surface area contributed by atoms with Crippen molar-refractivity contribution < 1.29 is 19.3 Å². The highest BCUT2D eigenvalue weighted by atomic mass is 16.5. The van der Waals surface area contributed by atoms with Crippen molar-refractivity contribution in [3.63, 3.8) is 0 Å². The van der Waals surface area contributed by atoms with E-state index in [1.807, 2.05) is 24.3 Å². The fraction of sp³-hybridized carbons (Fsp3) is 0.600. The Morgan fingerprint density at radius 3 is 2.42 bits per heavy atom. The summed E-state index contributed by atoms with van der Waals surface area (Å²) in [6.45, 7) is 1.08. The first-order valence-electron chi connectivity index (χ1n) is 6.85. The Bertz CT molecular complexity index is 372. The summed E-state index contributed by atoms with van der Waals surface area (Å²) in [5.41, 5.74) is 0. The highest BCUT2D eigenvalue weighted by Crippen LogP contribution is 2.26. The predicted octanol–water partition coefficient (Wildman–Crippen LogP) is 2.39. The molecule has 1 aliphatic carbocycles. The fourth-order valence-corrected chi connectivity index (χ4v) is 2.32. The summed E-state index contributed by atoms with van der Waals surface area (Å²) < 4.78 is 16.6. The third kappa shape index (κ3) is 4.40. The van der Waals surface area contributed by atoms with E-state index in [0.29, 0.717) is 13.2 Å². The van der Waals surface area contributed by atoms with Crippen molar-refractivity contribution in [1.29, 1.82) is 0 Å². The van der Waals surface area contributed by atoms with Gasteiger partial charge in [-0.2, -0.15) is 0 Å². The topological polar surface area (TPSA) is 47.9 Å². The van der Waals surface area contributed by atoms with Crippen molar-refractivity contribution in [1.82, 2.24) is 0 Å². The molecule has 0 heterocycles. The van der Waals surface area contributed by atoms with Crippen LogP contribution in [0.1, 0.15) is 25.7 Å². The van der Waals surface area contributed by atoms with E-state index in [0.717, 1.165) is 37.2 Å². The molecule has 1 fully saturated rings. The Kier molecular flexibility index (Phi) is 5.48. The average molecular weight is 266 g/mol. The summed E-state index contributed by atoms with van der Waals surface area (Å²) in [7, 11) is 1.63. The van der Waals surface area contributed by atoms with E-state index in [1.165, 1.54) is 0 Å². The van der Waals surface area contributed by atoms with Crippen LogP contribution in [-0.2, 0) is 4.74 Å². The minimum Gasteiger partial charge on any atom is -0.493 e. The monoisotopic (exact) mass is 266 g/mol. The number of ether oxygens (including phenoxy) is 3. The zero-order valence-electron chi connectivity index (χ0n) is 11.4. The molecule has 106 valence electrons. The van der Waals surface area contributed by atoms with Gasteiger partial charge < -0.3 is 19.3 Å². The summed E-state index contributed by atoms with van der Waals surface area (Å²) in [6, 6.07) is 7.59. The first-order valence-corrected chi connectivity index (χ1v) is 6.85. The molecule has 1 aliphatic rings. The van der Waals surface area contributed by atoms with E-state index in [4.69, 9.17) is 14.2 Å². The van der Waals surface area contributed by atoms with Crippen LogP contribution in [0.4, 0.5) is 0 Å². The van der Waals surface area contributed by atoms with Crippen molar-refractivity contribution >= 4 is 0 Å². The van der Waals surface area contributed by atoms with Gasteiger partial charge in [-0.05, 0) is 37.8 Å². The van der Waals surface area contributed by atoms with Crippen molar-refractivity contribution in [2.75, 3.05) is 20.3 Å². The van der Waals surface area contributed by atoms with Gasteiger partial charge in [0.05, 0.1) is 25.9 Å². The van der Waals surface area contributed by atoms with Gasteiger partial charge >= 0.3 is 0 Å². The number of rotatable bonds is 6. The Labute approximate surface area is 114 Å². The molecule has 1 aromatic rings. The molecular formula is C15H22O4. The van der Waals surface area contributed by atoms with Crippen LogP contribution in [0.15, 0.2) is 24.3 Å². The lowest BCUT2D eigenvalue weighted by atomic mass is 9.95. The molecule has 0 bridgehead atoms. The number of hydrogen-bond acceptors (Lipinski definition) is 4. The van der Waals surface area contributed by atoms with Crippen LogP contribution >= 0.6 is 0 Å². The van der Waals surface area contributed by atoms with E-state index < -0.39 is 0 Å². The molecule has 1 N–H and O–H groups in total. The smallest absolute Gasteiger partial charge is 0.161 e. The molecule has 1 aromatic carbocycles. The predicted molar refractivity (Wildman–Crippen MR) is 72.7 cm³/mol. The Morgan fingerprint density at radius 1 is 1.05 bits per heavy atom. The van der Waals surface area contributed by atoms with Gasteiger partial charge in [-0.1, -0.05) is 12.1 Å². The molecule has 0 aliphatic heterocycles. The Hall–Kier alpha value is -1.26. The van der Waals surface area contributed by atoms with Gasteiger partial charge in [0.2, 0.25) is 0 Å². The van der Waals surface area contributed by atoms with Gasteiger partial charge in [-0.3, -0.25) is 0 Å². The fourth-order valence-electron chi connectivity index (χ4n) is 2.32. The second kappa shape index (κ2) is 7.36. The van der Waals surface area contributed by atoms with E-state index >= 15 is 0 Å². The summed E-state index contributed by atoms with van der Waals surface area (Å²) in [4.78, 5) is 0. The summed E-state index contributed by atoms with van der Waals surface area (Å²) in [5.74, 6) is 1.48. The molecule has 0 spiro atoms. The molecule has 19 heavy (non-hydrogen) atoms. The van der Waals surface area contributed by atoms with Crippen LogP contribution in [0.5, 0.6) is 11.5 Å². The maximum Gasteiger partial charge on any atom is 0.161 e. The van der Waals surface area contributed by atoms with Gasteiger partial charge in [0, 0.05) is 0 Å². The van der Waals surface area contributed by atoms with E-state index in [-0.39, 0.29) is 12.2 Å². The number of para-hydroxylation sites is 2. The van der Waals surface area contributed by atoms with Crippen molar-refractivity contribution in [2.24, 2.45) is 0 Å². The minimum atomic E-state index is -0.135. The van der Waals surface area contributed by atoms with Crippen LogP contribution in [-0.4, -0.2) is 37.6 Å². The Morgan fingerprint density at radius 2 is 1.74 bits per heavy atom. The zero-order chi connectivity index (χ0) is 13.5.